The first kappa shape index (κ1) is 12.1. The molecule has 1 aromatic carbocycles. The lowest BCUT2D eigenvalue weighted by Crippen LogP contribution is -1.96. The van der Waals surface area contributed by atoms with Crippen molar-refractivity contribution < 1.29 is 8.42 Å². The molecule has 0 aliphatic heterocycles. The lowest BCUT2D eigenvalue weighted by Gasteiger charge is -2.04. The summed E-state index contributed by atoms with van der Waals surface area (Å²) in [6.07, 6.45) is 0. The van der Waals surface area contributed by atoms with Crippen molar-refractivity contribution in [3.63, 3.8) is 0 Å². The van der Waals surface area contributed by atoms with E-state index in [-0.39, 0.29) is 9.79 Å². The summed E-state index contributed by atoms with van der Waals surface area (Å²) in [5.74, 6) is 0. The summed E-state index contributed by atoms with van der Waals surface area (Å²) in [5.41, 5.74) is 0.375. The fraction of sp³-hybridized carbons (Fsp3) is 0. The van der Waals surface area contributed by atoms with Gasteiger partial charge in [-0.25, -0.2) is 8.42 Å². The molecule has 0 unspecified atom stereocenters. The lowest BCUT2D eigenvalue weighted by atomic mass is 10.2. The molecule has 0 N–H and O–H groups in total. The van der Waals surface area contributed by atoms with Gasteiger partial charge in [0, 0.05) is 19.1 Å². The first-order valence-electron chi connectivity index (χ1n) is 3.24. The molecule has 0 radical (unpaired) electrons. The molecule has 0 heterocycles. The van der Waals surface area contributed by atoms with Gasteiger partial charge in [0.1, 0.15) is 6.07 Å². The zero-order valence-corrected chi connectivity index (χ0v) is 11.2. The molecular weight excluding hydrogens is 357 g/mol. The van der Waals surface area contributed by atoms with Gasteiger partial charge < -0.3 is 0 Å². The smallest absolute Gasteiger partial charge is 0.207 e. The third-order valence-electron chi connectivity index (χ3n) is 1.46. The fourth-order valence-corrected chi connectivity index (χ4v) is 3.27. The summed E-state index contributed by atoms with van der Waals surface area (Å²) in [4.78, 5) is 0.130. The molecule has 0 bridgehead atoms. The summed E-state index contributed by atoms with van der Waals surface area (Å²) < 4.78 is 22.6. The zero-order valence-electron chi connectivity index (χ0n) is 6.53. The standard InChI is InChI=1S/C7H3ClINO2S2/c8-14(11,12)5-2-1-4(3-10)6(9)7(5)13/h1-2,13H. The van der Waals surface area contributed by atoms with Crippen LogP contribution in [0.15, 0.2) is 21.9 Å². The average molecular weight is 360 g/mol. The Morgan fingerprint density at radius 3 is 2.50 bits per heavy atom. The number of nitriles is 1. The van der Waals surface area contributed by atoms with Crippen LogP contribution in [0.3, 0.4) is 0 Å². The van der Waals surface area contributed by atoms with E-state index in [0.717, 1.165) is 0 Å². The molecule has 0 atom stereocenters. The predicted molar refractivity (Wildman–Crippen MR) is 64.2 cm³/mol. The number of halogens is 2. The highest BCUT2D eigenvalue weighted by molar-refractivity contribution is 14.1. The largest absolute Gasteiger partial charge is 0.262 e. The molecule has 1 rings (SSSR count). The molecule has 0 amide bonds. The summed E-state index contributed by atoms with van der Waals surface area (Å²) >= 11 is 5.85. The molecule has 74 valence electrons. The minimum Gasteiger partial charge on any atom is -0.207 e. The maximum Gasteiger partial charge on any atom is 0.262 e. The van der Waals surface area contributed by atoms with E-state index in [2.05, 4.69) is 12.6 Å². The van der Waals surface area contributed by atoms with Crippen molar-refractivity contribution >= 4 is 55.0 Å². The fourth-order valence-electron chi connectivity index (χ4n) is 0.830. The van der Waals surface area contributed by atoms with E-state index in [1.807, 2.05) is 28.7 Å². The van der Waals surface area contributed by atoms with E-state index in [1.54, 1.807) is 0 Å². The van der Waals surface area contributed by atoms with Crippen molar-refractivity contribution in [1.29, 1.82) is 5.26 Å². The molecule has 3 nitrogen and oxygen atoms in total. The second kappa shape index (κ2) is 4.26. The van der Waals surface area contributed by atoms with Crippen LogP contribution in [0, 0.1) is 14.9 Å². The molecule has 0 saturated heterocycles. The second-order valence-corrected chi connectivity index (χ2v) is 6.38. The number of benzene rings is 1. The highest BCUT2D eigenvalue weighted by Crippen LogP contribution is 2.29. The van der Waals surface area contributed by atoms with E-state index in [0.29, 0.717) is 9.13 Å². The summed E-state index contributed by atoms with van der Waals surface area (Å²) in [5, 5.41) is 8.67. The minimum atomic E-state index is -3.80. The van der Waals surface area contributed by atoms with Crippen LogP contribution in [0.2, 0.25) is 0 Å². The Kier molecular flexibility index (Phi) is 3.69. The van der Waals surface area contributed by atoms with Crippen LogP contribution in [0.5, 0.6) is 0 Å². The van der Waals surface area contributed by atoms with Gasteiger partial charge in [-0.3, -0.25) is 0 Å². The zero-order chi connectivity index (χ0) is 10.9. The van der Waals surface area contributed by atoms with E-state index in [1.165, 1.54) is 12.1 Å². The van der Waals surface area contributed by atoms with Crippen LogP contribution in [0.25, 0.3) is 0 Å². The van der Waals surface area contributed by atoms with E-state index < -0.39 is 9.05 Å². The molecule has 0 saturated carbocycles. The van der Waals surface area contributed by atoms with Crippen molar-refractivity contribution in [2.24, 2.45) is 0 Å². The van der Waals surface area contributed by atoms with Gasteiger partial charge in [-0.15, -0.1) is 12.6 Å². The Balaban J connectivity index is 3.57. The van der Waals surface area contributed by atoms with Gasteiger partial charge in [-0.1, -0.05) is 0 Å². The Labute approximate surface area is 105 Å². The van der Waals surface area contributed by atoms with Crippen LogP contribution in [-0.2, 0) is 9.05 Å². The number of nitrogens with zero attached hydrogens (tertiary/aromatic N) is 1. The minimum absolute atomic E-state index is 0.0779. The average Bonchev–Trinajstić information content (AvgIpc) is 2.07. The maximum atomic E-state index is 11.0. The SMILES string of the molecule is N#Cc1ccc(S(=O)(=O)Cl)c(S)c1I. The van der Waals surface area contributed by atoms with E-state index in [4.69, 9.17) is 15.9 Å². The third-order valence-corrected chi connectivity index (χ3v) is 4.99. The van der Waals surface area contributed by atoms with Crippen LogP contribution in [-0.4, -0.2) is 8.42 Å². The van der Waals surface area contributed by atoms with Crippen molar-refractivity contribution in [1.82, 2.24) is 0 Å². The van der Waals surface area contributed by atoms with Gasteiger partial charge >= 0.3 is 0 Å². The van der Waals surface area contributed by atoms with Crippen molar-refractivity contribution in [3.05, 3.63) is 21.3 Å². The van der Waals surface area contributed by atoms with Gasteiger partial charge in [-0.2, -0.15) is 5.26 Å². The Morgan fingerprint density at radius 2 is 2.07 bits per heavy atom. The highest BCUT2D eigenvalue weighted by Gasteiger charge is 2.17. The van der Waals surface area contributed by atoms with Gasteiger partial charge in [0.05, 0.1) is 10.5 Å². The molecule has 7 heteroatoms. The molecule has 0 fully saturated rings. The van der Waals surface area contributed by atoms with Crippen LogP contribution < -0.4 is 0 Å². The van der Waals surface area contributed by atoms with Crippen LogP contribution >= 0.6 is 45.9 Å². The van der Waals surface area contributed by atoms with E-state index in [9.17, 15) is 8.42 Å². The second-order valence-electron chi connectivity index (χ2n) is 2.32. The molecule has 0 spiro atoms. The van der Waals surface area contributed by atoms with Gasteiger partial charge in [-0.05, 0) is 34.7 Å². The van der Waals surface area contributed by atoms with Crippen molar-refractivity contribution in [2.75, 3.05) is 0 Å². The monoisotopic (exact) mass is 359 g/mol. The number of thiol groups is 1. The first-order chi connectivity index (χ1) is 6.38. The Bertz CT molecular complexity index is 521. The quantitative estimate of drug-likeness (QED) is 0.476. The van der Waals surface area contributed by atoms with Crippen LogP contribution in [0.1, 0.15) is 5.56 Å². The molecule has 0 aliphatic carbocycles. The Morgan fingerprint density at radius 1 is 1.50 bits per heavy atom. The molecule has 0 aromatic heterocycles. The number of hydrogen-bond donors (Lipinski definition) is 1. The summed E-state index contributed by atoms with van der Waals surface area (Å²) in [6.45, 7) is 0. The summed E-state index contributed by atoms with van der Waals surface area (Å²) in [6, 6.07) is 4.59. The third kappa shape index (κ3) is 2.34. The predicted octanol–water partition coefficient (Wildman–Crippen LogP) is 2.38. The van der Waals surface area contributed by atoms with Crippen molar-refractivity contribution in [2.45, 2.75) is 9.79 Å². The topological polar surface area (TPSA) is 57.9 Å². The van der Waals surface area contributed by atoms with Gasteiger partial charge in [0.25, 0.3) is 9.05 Å². The van der Waals surface area contributed by atoms with Gasteiger partial charge in [0.2, 0.25) is 0 Å². The van der Waals surface area contributed by atoms with E-state index >= 15 is 0 Å². The molecule has 0 aliphatic rings. The Hall–Kier alpha value is 0.0300. The highest BCUT2D eigenvalue weighted by atomic mass is 127. The lowest BCUT2D eigenvalue weighted by molar-refractivity contribution is 0.607. The number of hydrogen-bond acceptors (Lipinski definition) is 4. The maximum absolute atomic E-state index is 11.0. The molecular formula is C7H3ClINO2S2. The normalized spacial score (nSPS) is 11.0. The summed E-state index contributed by atoms with van der Waals surface area (Å²) in [7, 11) is 1.37. The number of rotatable bonds is 1. The van der Waals surface area contributed by atoms with Crippen LogP contribution in [0.4, 0.5) is 0 Å². The first-order valence-corrected chi connectivity index (χ1v) is 7.07. The van der Waals surface area contributed by atoms with Crippen molar-refractivity contribution in [3.8, 4) is 6.07 Å². The molecule has 14 heavy (non-hydrogen) atoms. The van der Waals surface area contributed by atoms with Gasteiger partial charge in [0.15, 0.2) is 0 Å². The molecule has 1 aromatic rings.